The monoisotopic (exact) mass is 181 g/mol. The van der Waals surface area contributed by atoms with Crippen LogP contribution in [0.4, 0.5) is 0 Å². The van der Waals surface area contributed by atoms with Crippen LogP contribution in [0.25, 0.3) is 0 Å². The molecular formula is C9H11NO3. The van der Waals surface area contributed by atoms with E-state index in [0.29, 0.717) is 12.8 Å². The number of hydrogen-bond acceptors (Lipinski definition) is 3. The van der Waals surface area contributed by atoms with Crippen molar-refractivity contribution in [3.63, 3.8) is 0 Å². The second kappa shape index (κ2) is 3.48. The van der Waals surface area contributed by atoms with Crippen molar-refractivity contribution in [2.75, 3.05) is 7.11 Å². The molecule has 70 valence electrons. The van der Waals surface area contributed by atoms with Gasteiger partial charge in [0.1, 0.15) is 5.54 Å². The molecule has 1 aliphatic rings. The first-order valence-corrected chi connectivity index (χ1v) is 4.02. The molecule has 0 unspecified atom stereocenters. The molecule has 1 saturated carbocycles. The molecule has 1 amide bonds. The van der Waals surface area contributed by atoms with Crippen molar-refractivity contribution >= 4 is 11.9 Å². The lowest BCUT2D eigenvalue weighted by atomic mass is 9.76. The number of rotatable bonds is 2. The zero-order chi connectivity index (χ0) is 9.90. The Morgan fingerprint density at radius 2 is 2.15 bits per heavy atom. The van der Waals surface area contributed by atoms with E-state index in [0.717, 1.165) is 6.42 Å². The molecule has 4 nitrogen and oxygen atoms in total. The van der Waals surface area contributed by atoms with E-state index in [2.05, 4.69) is 10.1 Å². The molecule has 13 heavy (non-hydrogen) atoms. The largest absolute Gasteiger partial charge is 0.467 e. The van der Waals surface area contributed by atoms with Gasteiger partial charge in [0.25, 0.3) is 5.91 Å². The van der Waals surface area contributed by atoms with Gasteiger partial charge in [-0.2, -0.15) is 0 Å². The van der Waals surface area contributed by atoms with E-state index in [1.807, 2.05) is 5.92 Å². The van der Waals surface area contributed by atoms with E-state index in [1.165, 1.54) is 7.11 Å². The molecule has 0 atom stereocenters. The van der Waals surface area contributed by atoms with E-state index in [1.54, 1.807) is 0 Å². The average Bonchev–Trinajstić information content (AvgIpc) is 2.09. The fraction of sp³-hybridized carbons (Fsp3) is 0.556. The molecule has 0 aromatic carbocycles. The predicted molar refractivity (Wildman–Crippen MR) is 45.6 cm³/mol. The summed E-state index contributed by atoms with van der Waals surface area (Å²) >= 11 is 0. The lowest BCUT2D eigenvalue weighted by molar-refractivity contribution is -0.154. The highest BCUT2D eigenvalue weighted by Crippen LogP contribution is 2.32. The minimum atomic E-state index is -0.849. The molecule has 1 rings (SSSR count). The third kappa shape index (κ3) is 1.64. The smallest absolute Gasteiger partial charge is 0.331 e. The summed E-state index contributed by atoms with van der Waals surface area (Å²) in [6.07, 6.45) is 7.00. The Kier molecular flexibility index (Phi) is 2.57. The number of nitrogens with one attached hydrogen (secondary N) is 1. The van der Waals surface area contributed by atoms with Crippen LogP contribution in [0, 0.1) is 12.3 Å². The van der Waals surface area contributed by atoms with Gasteiger partial charge in [0.15, 0.2) is 0 Å². The molecule has 4 heteroatoms. The third-order valence-corrected chi connectivity index (χ3v) is 2.27. The fourth-order valence-electron chi connectivity index (χ4n) is 1.36. The Bertz CT molecular complexity index is 273. The van der Waals surface area contributed by atoms with Gasteiger partial charge >= 0.3 is 5.97 Å². The number of amides is 1. The van der Waals surface area contributed by atoms with Crippen LogP contribution >= 0.6 is 0 Å². The summed E-state index contributed by atoms with van der Waals surface area (Å²) in [5, 5.41) is 2.48. The van der Waals surface area contributed by atoms with Gasteiger partial charge in [-0.05, 0) is 25.2 Å². The lowest BCUT2D eigenvalue weighted by Crippen LogP contribution is -2.59. The Morgan fingerprint density at radius 3 is 2.46 bits per heavy atom. The Morgan fingerprint density at radius 1 is 1.54 bits per heavy atom. The molecule has 0 radical (unpaired) electrons. The van der Waals surface area contributed by atoms with Crippen LogP contribution in [0.3, 0.4) is 0 Å². The number of esters is 1. The van der Waals surface area contributed by atoms with E-state index in [-0.39, 0.29) is 0 Å². The third-order valence-electron chi connectivity index (χ3n) is 2.27. The van der Waals surface area contributed by atoms with Crippen molar-refractivity contribution in [2.45, 2.75) is 24.8 Å². The molecule has 0 aliphatic heterocycles. The van der Waals surface area contributed by atoms with Crippen molar-refractivity contribution in [1.29, 1.82) is 0 Å². The topological polar surface area (TPSA) is 55.4 Å². The highest BCUT2D eigenvalue weighted by molar-refractivity contribution is 5.97. The quantitative estimate of drug-likeness (QED) is 0.475. The summed E-state index contributed by atoms with van der Waals surface area (Å²) in [5.41, 5.74) is -0.849. The SMILES string of the molecule is C#CC(=O)NC1(C(=O)OC)CCC1. The van der Waals surface area contributed by atoms with Crippen molar-refractivity contribution in [1.82, 2.24) is 5.32 Å². The van der Waals surface area contributed by atoms with Crippen molar-refractivity contribution in [3.8, 4) is 12.3 Å². The molecule has 1 aliphatic carbocycles. The molecule has 0 aromatic rings. The van der Waals surface area contributed by atoms with Gasteiger partial charge in [-0.15, -0.1) is 6.42 Å². The van der Waals surface area contributed by atoms with Crippen LogP contribution in [0.5, 0.6) is 0 Å². The highest BCUT2D eigenvalue weighted by Gasteiger charge is 2.46. The van der Waals surface area contributed by atoms with Crippen LogP contribution in [-0.2, 0) is 14.3 Å². The highest BCUT2D eigenvalue weighted by atomic mass is 16.5. The Hall–Kier alpha value is -1.50. The minimum Gasteiger partial charge on any atom is -0.467 e. The first-order valence-electron chi connectivity index (χ1n) is 4.02. The van der Waals surface area contributed by atoms with Gasteiger partial charge in [-0.3, -0.25) is 4.79 Å². The molecule has 1 N–H and O–H groups in total. The number of methoxy groups -OCH3 is 1. The lowest BCUT2D eigenvalue weighted by Gasteiger charge is -2.38. The van der Waals surface area contributed by atoms with Crippen LogP contribution < -0.4 is 5.32 Å². The van der Waals surface area contributed by atoms with E-state index in [4.69, 9.17) is 6.42 Å². The maximum absolute atomic E-state index is 11.3. The normalized spacial score (nSPS) is 17.8. The van der Waals surface area contributed by atoms with Crippen LogP contribution in [0.1, 0.15) is 19.3 Å². The molecule has 0 aromatic heterocycles. The Balaban J connectivity index is 2.66. The van der Waals surface area contributed by atoms with Crippen molar-refractivity contribution in [2.24, 2.45) is 0 Å². The Labute approximate surface area is 76.6 Å². The number of carbonyl (C=O) groups is 2. The van der Waals surface area contributed by atoms with E-state index in [9.17, 15) is 9.59 Å². The first-order chi connectivity index (χ1) is 6.14. The first kappa shape index (κ1) is 9.59. The van der Waals surface area contributed by atoms with Crippen molar-refractivity contribution in [3.05, 3.63) is 0 Å². The molecule has 0 bridgehead atoms. The van der Waals surface area contributed by atoms with Gasteiger partial charge < -0.3 is 10.1 Å². The maximum Gasteiger partial charge on any atom is 0.331 e. The second-order valence-corrected chi connectivity index (χ2v) is 3.03. The number of hydrogen-bond donors (Lipinski definition) is 1. The van der Waals surface area contributed by atoms with Gasteiger partial charge in [-0.1, -0.05) is 0 Å². The van der Waals surface area contributed by atoms with Gasteiger partial charge in [0.05, 0.1) is 7.11 Å². The summed E-state index contributed by atoms with van der Waals surface area (Å²) in [7, 11) is 1.30. The molecule has 0 heterocycles. The van der Waals surface area contributed by atoms with Gasteiger partial charge in [0.2, 0.25) is 0 Å². The summed E-state index contributed by atoms with van der Waals surface area (Å²) in [4.78, 5) is 22.1. The second-order valence-electron chi connectivity index (χ2n) is 3.03. The van der Waals surface area contributed by atoms with Gasteiger partial charge in [-0.25, -0.2) is 4.79 Å². The van der Waals surface area contributed by atoms with Crippen LogP contribution in [0.2, 0.25) is 0 Å². The fourth-order valence-corrected chi connectivity index (χ4v) is 1.36. The average molecular weight is 181 g/mol. The standard InChI is InChI=1S/C9H11NO3/c1-3-7(11)10-9(5-4-6-9)8(12)13-2/h1H,4-6H2,2H3,(H,10,11). The molecule has 0 saturated heterocycles. The zero-order valence-electron chi connectivity index (χ0n) is 7.42. The summed E-state index contributed by atoms with van der Waals surface area (Å²) in [5.74, 6) is 0.931. The van der Waals surface area contributed by atoms with Crippen molar-refractivity contribution < 1.29 is 14.3 Å². The zero-order valence-corrected chi connectivity index (χ0v) is 7.42. The number of carbonyl (C=O) groups excluding carboxylic acids is 2. The molecule has 0 spiro atoms. The van der Waals surface area contributed by atoms with Crippen LogP contribution in [0.15, 0.2) is 0 Å². The van der Waals surface area contributed by atoms with E-state index < -0.39 is 17.4 Å². The number of ether oxygens (including phenoxy) is 1. The molecule has 1 fully saturated rings. The maximum atomic E-state index is 11.3. The minimum absolute atomic E-state index is 0.414. The van der Waals surface area contributed by atoms with E-state index >= 15 is 0 Å². The summed E-state index contributed by atoms with van der Waals surface area (Å²) in [6, 6.07) is 0. The predicted octanol–water partition coefficient (Wildman–Crippen LogP) is -0.169. The summed E-state index contributed by atoms with van der Waals surface area (Å²) in [6.45, 7) is 0. The van der Waals surface area contributed by atoms with Crippen LogP contribution in [-0.4, -0.2) is 24.5 Å². The van der Waals surface area contributed by atoms with Gasteiger partial charge in [0, 0.05) is 0 Å². The molecular weight excluding hydrogens is 170 g/mol. The number of terminal acetylenes is 1. The summed E-state index contributed by atoms with van der Waals surface area (Å²) < 4.78 is 4.58.